The Bertz CT molecular complexity index is 1230. The summed E-state index contributed by atoms with van der Waals surface area (Å²) in [6.07, 6.45) is -2.43. The molecule has 0 aliphatic carbocycles. The Morgan fingerprint density at radius 1 is 1.11 bits per heavy atom. The summed E-state index contributed by atoms with van der Waals surface area (Å²) in [5, 5.41) is 14.8. The number of carbonyl (C=O) groups is 2. The van der Waals surface area contributed by atoms with Crippen molar-refractivity contribution in [3.8, 4) is 11.5 Å². The molecular weight excluding hydrogens is 483 g/mol. The van der Waals surface area contributed by atoms with Crippen LogP contribution in [0.4, 0.5) is 13.2 Å². The lowest BCUT2D eigenvalue weighted by molar-refractivity contribution is -0.192. The summed E-state index contributed by atoms with van der Waals surface area (Å²) in [6.45, 7) is 1.88. The van der Waals surface area contributed by atoms with E-state index in [1.165, 1.54) is 11.1 Å². The van der Waals surface area contributed by atoms with Gasteiger partial charge in [-0.25, -0.2) is 4.79 Å². The minimum absolute atomic E-state index is 0.178. The largest absolute Gasteiger partial charge is 0.490 e. The second-order valence-corrected chi connectivity index (χ2v) is 7.91. The molecule has 0 fully saturated rings. The molecule has 1 aromatic heterocycles. The molecule has 2 aliphatic rings. The summed E-state index contributed by atoms with van der Waals surface area (Å²) in [5.41, 5.74) is 3.80. The van der Waals surface area contributed by atoms with Gasteiger partial charge >= 0.3 is 12.1 Å². The third-order valence-corrected chi connectivity index (χ3v) is 5.38. The number of nitrogens with one attached hydrogen (secondary N) is 1. The van der Waals surface area contributed by atoms with Crippen molar-refractivity contribution >= 4 is 11.9 Å². The molecule has 0 saturated heterocycles. The van der Waals surface area contributed by atoms with E-state index < -0.39 is 12.1 Å². The number of fused-ring (bicyclic) bond motifs is 2. The molecule has 0 bridgehead atoms. The monoisotopic (exact) mass is 505 g/mol. The number of hydrogen-bond donors (Lipinski definition) is 2. The maximum absolute atomic E-state index is 12.6. The number of aromatic nitrogens is 2. The predicted octanol–water partition coefficient (Wildman–Crippen LogP) is 3.34. The Labute approximate surface area is 203 Å². The van der Waals surface area contributed by atoms with Crippen LogP contribution in [0, 0.1) is 0 Å². The Balaban J connectivity index is 0.000000384. The number of carboxylic acids is 1. The first-order valence-electron chi connectivity index (χ1n) is 10.9. The fourth-order valence-electron chi connectivity index (χ4n) is 3.66. The van der Waals surface area contributed by atoms with Crippen LogP contribution < -0.4 is 14.8 Å². The van der Waals surface area contributed by atoms with E-state index in [2.05, 4.69) is 23.6 Å². The minimum Gasteiger partial charge on any atom is -0.475 e. The Morgan fingerprint density at radius 2 is 1.83 bits per heavy atom. The molecule has 0 saturated carbocycles. The number of carboxylic acid groups (broad SMARTS) is 1. The van der Waals surface area contributed by atoms with Crippen LogP contribution in [0.25, 0.3) is 0 Å². The Morgan fingerprint density at radius 3 is 2.56 bits per heavy atom. The molecule has 36 heavy (non-hydrogen) atoms. The topological polar surface area (TPSA) is 112 Å². The third-order valence-electron chi connectivity index (χ3n) is 5.38. The number of carbonyl (C=O) groups excluding carboxylic acids is 1. The SMILES string of the molecule is O=C(NCC1OCCc2cn(Cc3ccccc3)nc21)c1ccc2c(c1)OCO2.O=C(O)C(F)(F)F. The second kappa shape index (κ2) is 10.7. The highest BCUT2D eigenvalue weighted by Gasteiger charge is 2.38. The smallest absolute Gasteiger partial charge is 0.475 e. The van der Waals surface area contributed by atoms with E-state index in [1.807, 2.05) is 22.9 Å². The van der Waals surface area contributed by atoms with Crippen LogP contribution in [0.3, 0.4) is 0 Å². The molecule has 9 nitrogen and oxygen atoms in total. The van der Waals surface area contributed by atoms with Crippen molar-refractivity contribution < 1.29 is 42.1 Å². The van der Waals surface area contributed by atoms with E-state index in [0.717, 1.165) is 12.1 Å². The van der Waals surface area contributed by atoms with E-state index in [-0.39, 0.29) is 18.8 Å². The van der Waals surface area contributed by atoms with Crippen molar-refractivity contribution in [1.29, 1.82) is 0 Å². The van der Waals surface area contributed by atoms with Crippen molar-refractivity contribution in [1.82, 2.24) is 15.1 Å². The van der Waals surface area contributed by atoms with Gasteiger partial charge in [0.2, 0.25) is 6.79 Å². The lowest BCUT2D eigenvalue weighted by Gasteiger charge is -2.22. The summed E-state index contributed by atoms with van der Waals surface area (Å²) in [4.78, 5) is 21.5. The predicted molar refractivity (Wildman–Crippen MR) is 119 cm³/mol. The zero-order valence-corrected chi connectivity index (χ0v) is 18.8. The van der Waals surface area contributed by atoms with Gasteiger partial charge < -0.3 is 24.6 Å². The summed E-state index contributed by atoms with van der Waals surface area (Å²) in [6, 6.07) is 15.4. The van der Waals surface area contributed by atoms with E-state index in [1.54, 1.807) is 18.2 Å². The number of ether oxygens (including phenoxy) is 3. The molecule has 12 heteroatoms. The third kappa shape index (κ3) is 6.13. The molecule has 3 heterocycles. The molecule has 0 radical (unpaired) electrons. The molecule has 1 unspecified atom stereocenters. The summed E-state index contributed by atoms with van der Waals surface area (Å²) >= 11 is 0. The van der Waals surface area contributed by atoms with Gasteiger partial charge in [0.1, 0.15) is 6.10 Å². The molecular formula is C24H22F3N3O6. The fraction of sp³-hybridized carbons (Fsp3) is 0.292. The normalized spacial score (nSPS) is 15.9. The maximum Gasteiger partial charge on any atom is 0.490 e. The van der Waals surface area contributed by atoms with Crippen molar-refractivity contribution in [2.75, 3.05) is 19.9 Å². The van der Waals surface area contributed by atoms with Crippen molar-refractivity contribution in [2.45, 2.75) is 25.2 Å². The Hall–Kier alpha value is -4.06. The van der Waals surface area contributed by atoms with Crippen LogP contribution in [0.5, 0.6) is 11.5 Å². The minimum atomic E-state index is -5.08. The summed E-state index contributed by atoms with van der Waals surface area (Å²) in [5.74, 6) is -1.69. The van der Waals surface area contributed by atoms with Gasteiger partial charge in [-0.15, -0.1) is 0 Å². The Kier molecular flexibility index (Phi) is 7.44. The quantitative estimate of drug-likeness (QED) is 0.547. The number of nitrogens with zero attached hydrogens (tertiary/aromatic N) is 2. The fourth-order valence-corrected chi connectivity index (χ4v) is 3.66. The summed E-state index contributed by atoms with van der Waals surface area (Å²) in [7, 11) is 0. The average molecular weight is 505 g/mol. The molecule has 1 amide bonds. The van der Waals surface area contributed by atoms with Crippen molar-refractivity contribution in [3.63, 3.8) is 0 Å². The van der Waals surface area contributed by atoms with Gasteiger partial charge in [-0.3, -0.25) is 9.48 Å². The number of hydrogen-bond acceptors (Lipinski definition) is 6. The van der Waals surface area contributed by atoms with Gasteiger partial charge in [0.05, 0.1) is 18.8 Å². The van der Waals surface area contributed by atoms with Crippen molar-refractivity contribution in [2.24, 2.45) is 0 Å². The van der Waals surface area contributed by atoms with E-state index >= 15 is 0 Å². The van der Waals surface area contributed by atoms with Gasteiger partial charge in [-0.1, -0.05) is 30.3 Å². The van der Waals surface area contributed by atoms with Gasteiger partial charge in [-0.05, 0) is 35.7 Å². The molecule has 190 valence electrons. The molecule has 2 aliphatic heterocycles. The number of benzene rings is 2. The van der Waals surface area contributed by atoms with Gasteiger partial charge in [-0.2, -0.15) is 18.3 Å². The molecule has 2 N–H and O–H groups in total. The molecule has 2 aromatic carbocycles. The maximum atomic E-state index is 12.6. The van der Waals surface area contributed by atoms with Crippen LogP contribution in [0.15, 0.2) is 54.7 Å². The van der Waals surface area contributed by atoms with Crippen LogP contribution >= 0.6 is 0 Å². The molecule has 3 aromatic rings. The first-order valence-corrected chi connectivity index (χ1v) is 10.9. The number of rotatable bonds is 5. The van der Waals surface area contributed by atoms with E-state index in [4.69, 9.17) is 29.2 Å². The number of aliphatic carboxylic acids is 1. The molecule has 1 atom stereocenters. The van der Waals surface area contributed by atoms with E-state index in [9.17, 15) is 18.0 Å². The van der Waals surface area contributed by atoms with Crippen LogP contribution in [-0.4, -0.2) is 52.9 Å². The second-order valence-electron chi connectivity index (χ2n) is 7.91. The van der Waals surface area contributed by atoms with Crippen LogP contribution in [0.2, 0.25) is 0 Å². The van der Waals surface area contributed by atoms with Crippen LogP contribution in [-0.2, 0) is 22.5 Å². The molecule has 5 rings (SSSR count). The molecule has 0 spiro atoms. The zero-order chi connectivity index (χ0) is 25.7. The van der Waals surface area contributed by atoms with E-state index in [0.29, 0.717) is 36.8 Å². The van der Waals surface area contributed by atoms with Gasteiger partial charge in [0.25, 0.3) is 5.91 Å². The first-order chi connectivity index (χ1) is 17.2. The first kappa shape index (κ1) is 25.0. The van der Waals surface area contributed by atoms with Crippen LogP contribution in [0.1, 0.15) is 33.3 Å². The number of amides is 1. The lowest BCUT2D eigenvalue weighted by atomic mass is 10.1. The number of alkyl halides is 3. The lowest BCUT2D eigenvalue weighted by Crippen LogP contribution is -2.31. The van der Waals surface area contributed by atoms with Crippen molar-refractivity contribution in [3.05, 3.63) is 77.1 Å². The standard InChI is InChI=1S/C22H21N3O4.C2HF3O2/c26-22(16-6-7-18-19(10-16)29-14-28-18)23-11-20-21-17(8-9-27-20)13-25(24-21)12-15-4-2-1-3-5-15;3-2(4,5)1(6)7/h1-7,10,13,20H,8-9,11-12,14H2,(H,23,26);(H,6,7). The highest BCUT2D eigenvalue weighted by Crippen LogP contribution is 2.32. The number of halogens is 3. The average Bonchev–Trinajstić information content (AvgIpc) is 3.49. The highest BCUT2D eigenvalue weighted by molar-refractivity contribution is 5.95. The highest BCUT2D eigenvalue weighted by atomic mass is 19.4. The summed E-state index contributed by atoms with van der Waals surface area (Å²) < 4.78 is 50.2. The van der Waals surface area contributed by atoms with Gasteiger partial charge in [0, 0.05) is 18.3 Å². The zero-order valence-electron chi connectivity index (χ0n) is 18.8. The van der Waals surface area contributed by atoms with Gasteiger partial charge in [0.15, 0.2) is 11.5 Å².